The molecular weight excluding hydrogens is 336 g/mol. The van der Waals surface area contributed by atoms with Crippen molar-refractivity contribution >= 4 is 11.8 Å². The van der Waals surface area contributed by atoms with Gasteiger partial charge in [-0.3, -0.25) is 9.59 Å². The number of hydrogen-bond donors (Lipinski definition) is 1. The van der Waals surface area contributed by atoms with Crippen molar-refractivity contribution in [1.82, 2.24) is 10.2 Å². The molecule has 144 valence electrons. The summed E-state index contributed by atoms with van der Waals surface area (Å²) in [5, 5.41) is 3.05. The highest BCUT2D eigenvalue weighted by Gasteiger charge is 2.15. The second-order valence-corrected chi connectivity index (χ2v) is 6.60. The lowest BCUT2D eigenvalue weighted by atomic mass is 9.91. The second-order valence-electron chi connectivity index (χ2n) is 6.60. The van der Waals surface area contributed by atoms with Crippen LogP contribution in [0.5, 0.6) is 0 Å². The molecule has 0 aliphatic carbocycles. The lowest BCUT2D eigenvalue weighted by Gasteiger charge is -2.19. The molecule has 0 bridgehead atoms. The predicted octanol–water partition coefficient (Wildman–Crippen LogP) is 3.97. The van der Waals surface area contributed by atoms with Crippen LogP contribution in [0.2, 0.25) is 0 Å². The van der Waals surface area contributed by atoms with Gasteiger partial charge in [-0.2, -0.15) is 0 Å². The lowest BCUT2D eigenvalue weighted by molar-refractivity contribution is -0.131. The van der Waals surface area contributed by atoms with Gasteiger partial charge in [-0.1, -0.05) is 60.7 Å². The topological polar surface area (TPSA) is 49.4 Å². The maximum absolute atomic E-state index is 12.3. The van der Waals surface area contributed by atoms with Crippen molar-refractivity contribution in [3.63, 3.8) is 0 Å². The average molecular weight is 367 g/mol. The Morgan fingerprint density at radius 1 is 0.852 bits per heavy atom. The minimum absolute atomic E-state index is 0.000732. The average Bonchev–Trinajstić information content (AvgIpc) is 2.71. The Labute approximate surface area is 162 Å². The number of nitrogens with one attached hydrogen (secondary N) is 1. The Morgan fingerprint density at radius 3 is 1.85 bits per heavy atom. The minimum atomic E-state index is -0.000732. The Kier molecular flexibility index (Phi) is 8.56. The van der Waals surface area contributed by atoms with Gasteiger partial charge in [-0.25, -0.2) is 0 Å². The van der Waals surface area contributed by atoms with E-state index >= 15 is 0 Å². The molecule has 2 aromatic carbocycles. The number of benzene rings is 2. The van der Waals surface area contributed by atoms with Gasteiger partial charge in [0.05, 0.1) is 0 Å². The molecule has 4 heteroatoms. The van der Waals surface area contributed by atoms with Crippen molar-refractivity contribution in [2.75, 3.05) is 19.6 Å². The molecule has 0 radical (unpaired) electrons. The molecule has 2 amide bonds. The van der Waals surface area contributed by atoms with Crippen LogP contribution in [0.4, 0.5) is 0 Å². The van der Waals surface area contributed by atoms with Crippen molar-refractivity contribution in [2.45, 2.75) is 39.0 Å². The molecular formula is C23H30N2O2. The monoisotopic (exact) mass is 366 g/mol. The number of amides is 2. The molecule has 4 nitrogen and oxygen atoms in total. The fraction of sp³-hybridized carbons (Fsp3) is 0.391. The zero-order chi connectivity index (χ0) is 19.5. The third-order valence-electron chi connectivity index (χ3n) is 4.82. The molecule has 0 aliphatic heterocycles. The third-order valence-corrected chi connectivity index (χ3v) is 4.82. The van der Waals surface area contributed by atoms with Crippen LogP contribution in [0, 0.1) is 0 Å². The maximum atomic E-state index is 12.3. The van der Waals surface area contributed by atoms with Crippen molar-refractivity contribution < 1.29 is 9.59 Å². The van der Waals surface area contributed by atoms with Crippen LogP contribution in [0.25, 0.3) is 0 Å². The van der Waals surface area contributed by atoms with Gasteiger partial charge >= 0.3 is 0 Å². The standard InChI is InChI=1S/C23H30N2O2/c1-3-25(4-2)23(27)17-11-16-22(26)24-18-21(19-12-7-5-8-13-19)20-14-9-6-10-15-20/h5-10,12-15,21H,3-4,11,16-18H2,1-2H3,(H,24,26). The quantitative estimate of drug-likeness (QED) is 0.692. The Bertz CT molecular complexity index is 657. The zero-order valence-corrected chi connectivity index (χ0v) is 16.4. The van der Waals surface area contributed by atoms with Gasteiger partial charge in [0.15, 0.2) is 0 Å². The van der Waals surface area contributed by atoms with Crippen LogP contribution in [0.1, 0.15) is 50.2 Å². The Morgan fingerprint density at radius 2 is 1.37 bits per heavy atom. The van der Waals surface area contributed by atoms with Gasteiger partial charge in [0.1, 0.15) is 0 Å². The molecule has 0 saturated carbocycles. The van der Waals surface area contributed by atoms with E-state index in [2.05, 4.69) is 29.6 Å². The highest BCUT2D eigenvalue weighted by atomic mass is 16.2. The highest BCUT2D eigenvalue weighted by molar-refractivity contribution is 5.79. The van der Waals surface area contributed by atoms with Crippen LogP contribution in [-0.4, -0.2) is 36.3 Å². The molecule has 0 aliphatic rings. The molecule has 0 unspecified atom stereocenters. The first-order valence-electron chi connectivity index (χ1n) is 9.80. The van der Waals surface area contributed by atoms with Crippen molar-refractivity contribution in [3.8, 4) is 0 Å². The number of carbonyl (C=O) groups excluding carboxylic acids is 2. The van der Waals surface area contributed by atoms with Crippen LogP contribution >= 0.6 is 0 Å². The first-order chi connectivity index (χ1) is 13.2. The smallest absolute Gasteiger partial charge is 0.222 e. The van der Waals surface area contributed by atoms with E-state index in [9.17, 15) is 9.59 Å². The highest BCUT2D eigenvalue weighted by Crippen LogP contribution is 2.23. The number of rotatable bonds is 10. The fourth-order valence-corrected chi connectivity index (χ4v) is 3.24. The van der Waals surface area contributed by atoms with E-state index in [1.807, 2.05) is 50.2 Å². The Balaban J connectivity index is 1.88. The third kappa shape index (κ3) is 6.55. The Hall–Kier alpha value is -2.62. The van der Waals surface area contributed by atoms with Gasteiger partial charge in [0, 0.05) is 38.4 Å². The summed E-state index contributed by atoms with van der Waals surface area (Å²) in [6.45, 7) is 5.94. The molecule has 0 saturated heterocycles. The van der Waals surface area contributed by atoms with E-state index in [-0.39, 0.29) is 17.7 Å². The van der Waals surface area contributed by atoms with E-state index in [0.29, 0.717) is 25.8 Å². The molecule has 2 aromatic rings. The molecule has 2 rings (SSSR count). The fourth-order valence-electron chi connectivity index (χ4n) is 3.24. The minimum Gasteiger partial charge on any atom is -0.355 e. The SMILES string of the molecule is CCN(CC)C(=O)CCCC(=O)NCC(c1ccccc1)c1ccccc1. The number of nitrogens with zero attached hydrogens (tertiary/aromatic N) is 1. The van der Waals surface area contributed by atoms with Gasteiger partial charge in [-0.05, 0) is 31.4 Å². The number of carbonyl (C=O) groups is 2. The van der Waals surface area contributed by atoms with E-state index in [0.717, 1.165) is 13.1 Å². The molecule has 1 N–H and O–H groups in total. The molecule has 0 aromatic heterocycles. The van der Waals surface area contributed by atoms with Gasteiger partial charge in [0.25, 0.3) is 0 Å². The summed E-state index contributed by atoms with van der Waals surface area (Å²) in [7, 11) is 0. The zero-order valence-electron chi connectivity index (χ0n) is 16.4. The molecule has 0 heterocycles. The number of hydrogen-bond acceptors (Lipinski definition) is 2. The van der Waals surface area contributed by atoms with Crippen LogP contribution < -0.4 is 5.32 Å². The van der Waals surface area contributed by atoms with Gasteiger partial charge < -0.3 is 10.2 Å². The van der Waals surface area contributed by atoms with Crippen LogP contribution in [-0.2, 0) is 9.59 Å². The van der Waals surface area contributed by atoms with Crippen molar-refractivity contribution in [2.24, 2.45) is 0 Å². The molecule has 27 heavy (non-hydrogen) atoms. The predicted molar refractivity (Wildman–Crippen MR) is 110 cm³/mol. The van der Waals surface area contributed by atoms with E-state index in [4.69, 9.17) is 0 Å². The summed E-state index contributed by atoms with van der Waals surface area (Å²) in [4.78, 5) is 26.1. The maximum Gasteiger partial charge on any atom is 0.222 e. The van der Waals surface area contributed by atoms with Crippen LogP contribution in [0.15, 0.2) is 60.7 Å². The van der Waals surface area contributed by atoms with E-state index in [1.165, 1.54) is 11.1 Å². The summed E-state index contributed by atoms with van der Waals surface area (Å²) >= 11 is 0. The first-order valence-corrected chi connectivity index (χ1v) is 9.80. The van der Waals surface area contributed by atoms with Crippen molar-refractivity contribution in [1.29, 1.82) is 0 Å². The second kappa shape index (κ2) is 11.2. The largest absolute Gasteiger partial charge is 0.355 e. The summed E-state index contributed by atoms with van der Waals surface area (Å²) in [5.41, 5.74) is 2.36. The molecule has 0 fully saturated rings. The molecule has 0 atom stereocenters. The lowest BCUT2D eigenvalue weighted by Crippen LogP contribution is -2.31. The first kappa shape index (κ1) is 20.7. The summed E-state index contributed by atoms with van der Waals surface area (Å²) in [6, 6.07) is 20.4. The van der Waals surface area contributed by atoms with E-state index in [1.54, 1.807) is 4.90 Å². The van der Waals surface area contributed by atoms with Crippen molar-refractivity contribution in [3.05, 3.63) is 71.8 Å². The van der Waals surface area contributed by atoms with E-state index < -0.39 is 0 Å². The van der Waals surface area contributed by atoms with Gasteiger partial charge in [-0.15, -0.1) is 0 Å². The molecule has 0 spiro atoms. The summed E-state index contributed by atoms with van der Waals surface area (Å²) in [6.07, 6.45) is 1.39. The normalized spacial score (nSPS) is 10.6. The van der Waals surface area contributed by atoms with Gasteiger partial charge in [0.2, 0.25) is 11.8 Å². The summed E-state index contributed by atoms with van der Waals surface area (Å²) in [5.74, 6) is 0.243. The van der Waals surface area contributed by atoms with Crippen LogP contribution in [0.3, 0.4) is 0 Å². The summed E-state index contributed by atoms with van der Waals surface area (Å²) < 4.78 is 0.